The molecular weight excluding hydrogens is 280 g/mol. The van der Waals surface area contributed by atoms with Gasteiger partial charge >= 0.3 is 0 Å². The molecule has 0 bridgehead atoms. The van der Waals surface area contributed by atoms with Crippen molar-refractivity contribution in [1.82, 2.24) is 4.98 Å². The second kappa shape index (κ2) is 5.71. The predicted octanol–water partition coefficient (Wildman–Crippen LogP) is 3.27. The molecule has 2 aromatic rings. The quantitative estimate of drug-likeness (QED) is 0.921. The Morgan fingerprint density at radius 3 is 2.68 bits per heavy atom. The topological polar surface area (TPSA) is 59.1 Å². The van der Waals surface area contributed by atoms with Gasteiger partial charge in [0.25, 0.3) is 0 Å². The summed E-state index contributed by atoms with van der Waals surface area (Å²) in [6.45, 7) is 3.77. The zero-order valence-corrected chi connectivity index (χ0v) is 12.5. The average Bonchev–Trinajstić information content (AvgIpc) is 2.75. The number of nitrogens with one attached hydrogen (secondary N) is 1. The molecule has 1 aromatic heterocycles. The highest BCUT2D eigenvalue weighted by Gasteiger charge is 2.13. The predicted molar refractivity (Wildman–Crippen MR) is 80.0 cm³/mol. The number of para-hydroxylation sites is 1. The second-order valence-electron chi connectivity index (χ2n) is 4.22. The Morgan fingerprint density at radius 1 is 1.32 bits per heavy atom. The number of thiazole rings is 1. The average molecular weight is 296 g/mol. The molecule has 6 heteroatoms. The molecule has 0 fully saturated rings. The molecule has 0 aliphatic carbocycles. The Balaban J connectivity index is 2.37. The van der Waals surface area contributed by atoms with Gasteiger partial charge in [-0.05, 0) is 19.4 Å². The minimum absolute atomic E-state index is 0.122. The second-order valence-corrected chi connectivity index (χ2v) is 7.12. The number of aromatic nitrogens is 1. The third-order valence-corrected chi connectivity index (χ3v) is 4.81. The third kappa shape index (κ3) is 3.54. The first kappa shape index (κ1) is 14.0. The van der Waals surface area contributed by atoms with Gasteiger partial charge < -0.3 is 0 Å². The number of hydrogen-bond donors (Lipinski definition) is 1. The molecule has 0 radical (unpaired) electrons. The van der Waals surface area contributed by atoms with Crippen LogP contribution in [-0.2, 0) is 10.0 Å². The Hall–Kier alpha value is -1.40. The van der Waals surface area contributed by atoms with E-state index in [1.807, 2.05) is 37.4 Å². The zero-order chi connectivity index (χ0) is 13.9. The van der Waals surface area contributed by atoms with Gasteiger partial charge in [0.15, 0.2) is 0 Å². The molecule has 0 atom stereocenters. The molecule has 0 aliphatic heterocycles. The molecule has 2 rings (SSSR count). The van der Waals surface area contributed by atoms with Crippen LogP contribution in [0.3, 0.4) is 0 Å². The highest BCUT2D eigenvalue weighted by atomic mass is 32.2. The standard InChI is InChI=1S/C13H16N2O2S2/c1-3-8-19(16,17)15-12-7-5-4-6-11(12)13-9-18-10(2)14-13/h4-7,9,15H,3,8H2,1-2H3. The molecule has 0 saturated heterocycles. The first-order valence-corrected chi connectivity index (χ1v) is 8.57. The van der Waals surface area contributed by atoms with Crippen LogP contribution in [0.2, 0.25) is 0 Å². The summed E-state index contributed by atoms with van der Waals surface area (Å²) in [5.74, 6) is 0.122. The normalized spacial score (nSPS) is 11.5. The summed E-state index contributed by atoms with van der Waals surface area (Å²) < 4.78 is 26.4. The summed E-state index contributed by atoms with van der Waals surface area (Å²) in [5, 5.41) is 2.89. The summed E-state index contributed by atoms with van der Waals surface area (Å²) >= 11 is 1.55. The summed E-state index contributed by atoms with van der Waals surface area (Å²) in [4.78, 5) is 4.40. The van der Waals surface area contributed by atoms with E-state index >= 15 is 0 Å². The number of anilines is 1. The van der Waals surface area contributed by atoms with Gasteiger partial charge in [-0.15, -0.1) is 11.3 Å². The maximum atomic E-state index is 11.9. The molecule has 0 saturated carbocycles. The van der Waals surface area contributed by atoms with Gasteiger partial charge in [0.2, 0.25) is 10.0 Å². The zero-order valence-electron chi connectivity index (χ0n) is 10.9. The number of sulfonamides is 1. The lowest BCUT2D eigenvalue weighted by Crippen LogP contribution is -2.16. The van der Waals surface area contributed by atoms with Gasteiger partial charge in [-0.3, -0.25) is 4.72 Å². The van der Waals surface area contributed by atoms with Gasteiger partial charge in [-0.1, -0.05) is 25.1 Å². The SMILES string of the molecule is CCCS(=O)(=O)Nc1ccccc1-c1csc(C)n1. The molecule has 102 valence electrons. The number of rotatable bonds is 5. The highest BCUT2D eigenvalue weighted by Crippen LogP contribution is 2.29. The summed E-state index contributed by atoms with van der Waals surface area (Å²) in [7, 11) is -3.28. The number of hydrogen-bond acceptors (Lipinski definition) is 4. The van der Waals surface area contributed by atoms with Crippen LogP contribution < -0.4 is 4.72 Å². The lowest BCUT2D eigenvalue weighted by atomic mass is 10.1. The number of aryl methyl sites for hydroxylation is 1. The molecular formula is C13H16N2O2S2. The molecule has 19 heavy (non-hydrogen) atoms. The maximum Gasteiger partial charge on any atom is 0.232 e. The van der Waals surface area contributed by atoms with E-state index in [0.29, 0.717) is 12.1 Å². The van der Waals surface area contributed by atoms with Crippen LogP contribution in [0.15, 0.2) is 29.6 Å². The Kier molecular flexibility index (Phi) is 4.21. The Labute approximate surface area is 117 Å². The molecule has 0 unspecified atom stereocenters. The van der Waals surface area contributed by atoms with Gasteiger partial charge in [0, 0.05) is 10.9 Å². The monoisotopic (exact) mass is 296 g/mol. The smallest absolute Gasteiger partial charge is 0.232 e. The van der Waals surface area contributed by atoms with Gasteiger partial charge in [-0.25, -0.2) is 13.4 Å². The van der Waals surface area contributed by atoms with Crippen molar-refractivity contribution in [2.24, 2.45) is 0 Å². The van der Waals surface area contributed by atoms with Gasteiger partial charge in [0.1, 0.15) is 0 Å². The summed E-state index contributed by atoms with van der Waals surface area (Å²) in [6.07, 6.45) is 0.591. The van der Waals surface area contributed by atoms with E-state index in [2.05, 4.69) is 9.71 Å². The highest BCUT2D eigenvalue weighted by molar-refractivity contribution is 7.92. The Morgan fingerprint density at radius 2 is 2.05 bits per heavy atom. The molecule has 1 N–H and O–H groups in total. The first-order valence-electron chi connectivity index (χ1n) is 6.04. The lowest BCUT2D eigenvalue weighted by Gasteiger charge is -2.10. The van der Waals surface area contributed by atoms with Crippen LogP contribution in [-0.4, -0.2) is 19.2 Å². The summed E-state index contributed by atoms with van der Waals surface area (Å²) in [6, 6.07) is 7.32. The van der Waals surface area contributed by atoms with Crippen molar-refractivity contribution in [2.75, 3.05) is 10.5 Å². The fraction of sp³-hybridized carbons (Fsp3) is 0.308. The van der Waals surface area contributed by atoms with E-state index in [9.17, 15) is 8.42 Å². The van der Waals surface area contributed by atoms with E-state index in [1.54, 1.807) is 17.4 Å². The van der Waals surface area contributed by atoms with Crippen LogP contribution in [0.1, 0.15) is 18.4 Å². The van der Waals surface area contributed by atoms with Crippen molar-refractivity contribution in [3.05, 3.63) is 34.7 Å². The van der Waals surface area contributed by atoms with Crippen molar-refractivity contribution >= 4 is 27.0 Å². The minimum atomic E-state index is -3.28. The van der Waals surface area contributed by atoms with Crippen molar-refractivity contribution in [1.29, 1.82) is 0 Å². The number of benzene rings is 1. The molecule has 0 spiro atoms. The molecule has 4 nitrogen and oxygen atoms in total. The minimum Gasteiger partial charge on any atom is -0.283 e. The maximum absolute atomic E-state index is 11.9. The fourth-order valence-corrected chi connectivity index (χ4v) is 3.54. The van der Waals surface area contributed by atoms with Crippen molar-refractivity contribution < 1.29 is 8.42 Å². The van der Waals surface area contributed by atoms with E-state index in [1.165, 1.54) is 0 Å². The first-order chi connectivity index (χ1) is 9.02. The van der Waals surface area contributed by atoms with E-state index in [4.69, 9.17) is 0 Å². The summed E-state index contributed by atoms with van der Waals surface area (Å²) in [5.41, 5.74) is 2.20. The Bertz CT molecular complexity index is 663. The van der Waals surface area contributed by atoms with Gasteiger partial charge in [-0.2, -0.15) is 0 Å². The van der Waals surface area contributed by atoms with Crippen LogP contribution >= 0.6 is 11.3 Å². The number of nitrogens with zero attached hydrogens (tertiary/aromatic N) is 1. The van der Waals surface area contributed by atoms with Crippen molar-refractivity contribution in [3.63, 3.8) is 0 Å². The van der Waals surface area contributed by atoms with Crippen LogP contribution in [0, 0.1) is 6.92 Å². The van der Waals surface area contributed by atoms with E-state index < -0.39 is 10.0 Å². The molecule has 1 aromatic carbocycles. The molecule has 1 heterocycles. The van der Waals surface area contributed by atoms with Gasteiger partial charge in [0.05, 0.1) is 22.1 Å². The van der Waals surface area contributed by atoms with E-state index in [-0.39, 0.29) is 5.75 Å². The molecule has 0 amide bonds. The largest absolute Gasteiger partial charge is 0.283 e. The van der Waals surface area contributed by atoms with Crippen LogP contribution in [0.5, 0.6) is 0 Å². The van der Waals surface area contributed by atoms with Crippen molar-refractivity contribution in [2.45, 2.75) is 20.3 Å². The third-order valence-electron chi connectivity index (χ3n) is 2.56. The molecule has 0 aliphatic rings. The van der Waals surface area contributed by atoms with Crippen LogP contribution in [0.4, 0.5) is 5.69 Å². The lowest BCUT2D eigenvalue weighted by molar-refractivity contribution is 0.600. The van der Waals surface area contributed by atoms with E-state index in [0.717, 1.165) is 16.3 Å². The van der Waals surface area contributed by atoms with Crippen LogP contribution in [0.25, 0.3) is 11.3 Å². The van der Waals surface area contributed by atoms with Crippen molar-refractivity contribution in [3.8, 4) is 11.3 Å². The fourth-order valence-electron chi connectivity index (χ4n) is 1.77.